The Morgan fingerprint density at radius 3 is 2.88 bits per heavy atom. The number of nitrogens with two attached hydrogens (primary N) is 1. The first-order valence-electron chi connectivity index (χ1n) is 5.39. The molecule has 2 nitrogen and oxygen atoms in total. The molecule has 0 radical (unpaired) electrons. The van der Waals surface area contributed by atoms with Crippen LogP contribution in [-0.4, -0.2) is 18.6 Å². The van der Waals surface area contributed by atoms with E-state index in [0.29, 0.717) is 28.9 Å². The summed E-state index contributed by atoms with van der Waals surface area (Å²) in [6.45, 7) is 0. The van der Waals surface area contributed by atoms with Crippen molar-refractivity contribution in [3.05, 3.63) is 29.3 Å². The summed E-state index contributed by atoms with van der Waals surface area (Å²) in [5, 5.41) is 0. The number of nitrogens with zero attached hydrogens (tertiary/aromatic N) is 1. The van der Waals surface area contributed by atoms with Crippen LogP contribution in [0.15, 0.2) is 28.1 Å². The number of fused-ring (bicyclic) bond motifs is 1. The highest BCUT2D eigenvalue weighted by molar-refractivity contribution is 7.99. The second-order valence-electron chi connectivity index (χ2n) is 4.03. The van der Waals surface area contributed by atoms with E-state index < -0.39 is 5.76 Å². The first-order valence-corrected chi connectivity index (χ1v) is 6.27. The number of amidine groups is 1. The van der Waals surface area contributed by atoms with E-state index in [2.05, 4.69) is 4.99 Å². The van der Waals surface area contributed by atoms with E-state index in [1.54, 1.807) is 13.1 Å². The molecule has 2 N–H and O–H groups in total. The van der Waals surface area contributed by atoms with E-state index >= 15 is 0 Å². The lowest BCUT2D eigenvalue weighted by Gasteiger charge is -2.08. The molecule has 0 spiro atoms. The Morgan fingerprint density at radius 1 is 1.47 bits per heavy atom. The van der Waals surface area contributed by atoms with Crippen molar-refractivity contribution in [1.82, 2.24) is 0 Å². The first kappa shape index (κ1) is 12.4. The quantitative estimate of drug-likeness (QED) is 0.513. The zero-order valence-electron chi connectivity index (χ0n) is 9.49. The van der Waals surface area contributed by atoms with Gasteiger partial charge in [0.25, 0.3) is 5.76 Å². The number of aliphatic imine (C=N–C) groups is 1. The highest BCUT2D eigenvalue weighted by Crippen LogP contribution is 2.36. The molecule has 0 aliphatic heterocycles. The summed E-state index contributed by atoms with van der Waals surface area (Å²) in [6.07, 6.45) is 1.52. The Kier molecular flexibility index (Phi) is 3.66. The molecule has 1 aromatic carbocycles. The second kappa shape index (κ2) is 5.04. The molecule has 1 aliphatic rings. The fourth-order valence-corrected chi connectivity index (χ4v) is 2.92. The maximum atomic E-state index is 12.4. The monoisotopic (exact) mass is 256 g/mol. The van der Waals surface area contributed by atoms with Crippen LogP contribution < -0.4 is 5.73 Å². The number of hydrogen-bond donors (Lipinski definition) is 1. The van der Waals surface area contributed by atoms with E-state index in [4.69, 9.17) is 5.73 Å². The first-order chi connectivity index (χ1) is 8.11. The summed E-state index contributed by atoms with van der Waals surface area (Å²) in [5.41, 5.74) is 7.93. The van der Waals surface area contributed by atoms with Gasteiger partial charge in [-0.25, -0.2) is 0 Å². The fourth-order valence-electron chi connectivity index (χ4n) is 2.22. The summed E-state index contributed by atoms with van der Waals surface area (Å²) in [6, 6.07) is 5.55. The summed E-state index contributed by atoms with van der Waals surface area (Å²) in [4.78, 5) is 4.65. The molecule has 1 aliphatic carbocycles. The Bertz CT molecular complexity index is 446. The van der Waals surface area contributed by atoms with Gasteiger partial charge in [-0.2, -0.15) is 8.78 Å². The van der Waals surface area contributed by atoms with Crippen molar-refractivity contribution in [2.75, 3.05) is 7.05 Å². The van der Waals surface area contributed by atoms with Crippen molar-refractivity contribution < 1.29 is 8.78 Å². The Morgan fingerprint density at radius 2 is 2.24 bits per heavy atom. The van der Waals surface area contributed by atoms with Gasteiger partial charge in [-0.15, -0.1) is 0 Å². The van der Waals surface area contributed by atoms with Crippen LogP contribution in [0.1, 0.15) is 11.1 Å². The molecule has 0 amide bonds. The Labute approximate surface area is 103 Å². The van der Waals surface area contributed by atoms with Gasteiger partial charge in [0.05, 0.1) is 5.84 Å². The van der Waals surface area contributed by atoms with Gasteiger partial charge >= 0.3 is 0 Å². The molecule has 92 valence electrons. The van der Waals surface area contributed by atoms with Gasteiger partial charge in [0.1, 0.15) is 0 Å². The second-order valence-corrected chi connectivity index (χ2v) is 5.06. The SMILES string of the molecule is CN=C(N)C1Cc2cccc(SC(F)F)c2C1. The molecule has 0 bridgehead atoms. The average molecular weight is 256 g/mol. The summed E-state index contributed by atoms with van der Waals surface area (Å²) >= 11 is 0.611. The van der Waals surface area contributed by atoms with Gasteiger partial charge in [0, 0.05) is 17.9 Å². The maximum absolute atomic E-state index is 12.4. The molecule has 0 saturated heterocycles. The van der Waals surface area contributed by atoms with Gasteiger partial charge in [-0.05, 0) is 30.0 Å². The van der Waals surface area contributed by atoms with Crippen LogP contribution >= 0.6 is 11.8 Å². The van der Waals surface area contributed by atoms with Gasteiger partial charge in [0.15, 0.2) is 0 Å². The van der Waals surface area contributed by atoms with E-state index in [9.17, 15) is 8.78 Å². The van der Waals surface area contributed by atoms with E-state index in [-0.39, 0.29) is 5.92 Å². The molecule has 17 heavy (non-hydrogen) atoms. The third-order valence-electron chi connectivity index (χ3n) is 3.04. The third-order valence-corrected chi connectivity index (χ3v) is 3.85. The van der Waals surface area contributed by atoms with Crippen molar-refractivity contribution in [1.29, 1.82) is 0 Å². The summed E-state index contributed by atoms with van der Waals surface area (Å²) in [5.74, 6) is -1.61. The number of thioether (sulfide) groups is 1. The van der Waals surface area contributed by atoms with Gasteiger partial charge in [-0.3, -0.25) is 4.99 Å². The fraction of sp³-hybridized carbons (Fsp3) is 0.417. The predicted molar refractivity (Wildman–Crippen MR) is 66.7 cm³/mol. The molecule has 1 unspecified atom stereocenters. The smallest absolute Gasteiger partial charge is 0.288 e. The normalized spacial score (nSPS) is 19.8. The number of benzene rings is 1. The summed E-state index contributed by atoms with van der Waals surface area (Å²) < 4.78 is 24.9. The van der Waals surface area contributed by atoms with E-state index in [1.165, 1.54) is 0 Å². The van der Waals surface area contributed by atoms with Crippen LogP contribution in [0.4, 0.5) is 8.78 Å². The lowest BCUT2D eigenvalue weighted by Crippen LogP contribution is -2.23. The van der Waals surface area contributed by atoms with Crippen molar-refractivity contribution in [2.45, 2.75) is 23.5 Å². The largest absolute Gasteiger partial charge is 0.387 e. The van der Waals surface area contributed by atoms with Crippen LogP contribution in [0, 0.1) is 5.92 Å². The molecule has 1 atom stereocenters. The summed E-state index contributed by atoms with van der Waals surface area (Å²) in [7, 11) is 1.66. The molecule has 1 aromatic rings. The lowest BCUT2D eigenvalue weighted by molar-refractivity contribution is 0.252. The van der Waals surface area contributed by atoms with Gasteiger partial charge < -0.3 is 5.73 Å². The standard InChI is InChI=1S/C12H14F2N2S/c1-16-11(15)8-5-7-3-2-4-10(9(7)6-8)17-12(13)14/h2-4,8,12H,5-6H2,1H3,(H2,15,16). The molecule has 0 aromatic heterocycles. The maximum Gasteiger partial charge on any atom is 0.288 e. The third kappa shape index (κ3) is 2.60. The number of halogens is 2. The van der Waals surface area contributed by atoms with Crippen molar-refractivity contribution in [2.24, 2.45) is 16.6 Å². The molecule has 0 fully saturated rings. The number of rotatable bonds is 3. The topological polar surface area (TPSA) is 38.4 Å². The van der Waals surface area contributed by atoms with Gasteiger partial charge in [0.2, 0.25) is 0 Å². The minimum Gasteiger partial charge on any atom is -0.387 e. The van der Waals surface area contributed by atoms with Crippen LogP contribution in [0.5, 0.6) is 0 Å². The van der Waals surface area contributed by atoms with Crippen molar-refractivity contribution in [3.8, 4) is 0 Å². The average Bonchev–Trinajstić information content (AvgIpc) is 2.72. The minimum atomic E-state index is -2.38. The van der Waals surface area contributed by atoms with E-state index in [0.717, 1.165) is 17.5 Å². The van der Waals surface area contributed by atoms with Crippen LogP contribution in [0.3, 0.4) is 0 Å². The Balaban J connectivity index is 2.25. The highest BCUT2D eigenvalue weighted by Gasteiger charge is 2.26. The van der Waals surface area contributed by atoms with Crippen LogP contribution in [0.2, 0.25) is 0 Å². The van der Waals surface area contributed by atoms with E-state index in [1.807, 2.05) is 12.1 Å². The minimum absolute atomic E-state index is 0.162. The zero-order valence-corrected chi connectivity index (χ0v) is 10.3. The highest BCUT2D eigenvalue weighted by atomic mass is 32.2. The number of hydrogen-bond acceptors (Lipinski definition) is 2. The molecular weight excluding hydrogens is 242 g/mol. The Hall–Kier alpha value is -1.10. The molecular formula is C12H14F2N2S. The van der Waals surface area contributed by atoms with Crippen molar-refractivity contribution >= 4 is 17.6 Å². The zero-order chi connectivity index (χ0) is 12.4. The van der Waals surface area contributed by atoms with Crippen molar-refractivity contribution in [3.63, 3.8) is 0 Å². The van der Waals surface area contributed by atoms with Crippen LogP contribution in [0.25, 0.3) is 0 Å². The molecule has 2 rings (SSSR count). The van der Waals surface area contributed by atoms with Gasteiger partial charge in [-0.1, -0.05) is 23.9 Å². The predicted octanol–water partition coefficient (Wildman–Crippen LogP) is 2.70. The molecule has 0 heterocycles. The number of alkyl halides is 2. The molecule has 5 heteroatoms. The lowest BCUT2D eigenvalue weighted by atomic mass is 10.1. The van der Waals surface area contributed by atoms with Crippen LogP contribution in [-0.2, 0) is 12.8 Å². The molecule has 0 saturated carbocycles.